The van der Waals surface area contributed by atoms with E-state index in [0.29, 0.717) is 27.7 Å². The molecule has 0 aliphatic heterocycles. The van der Waals surface area contributed by atoms with Crippen LogP contribution in [0.15, 0.2) is 29.1 Å². The van der Waals surface area contributed by atoms with Crippen LogP contribution in [-0.4, -0.2) is 33.5 Å². The highest BCUT2D eigenvalue weighted by atomic mass is 16.5. The van der Waals surface area contributed by atoms with E-state index in [1.165, 1.54) is 0 Å². The first-order chi connectivity index (χ1) is 12.9. The molecule has 2 heterocycles. The quantitative estimate of drug-likeness (QED) is 0.668. The Morgan fingerprint density at radius 3 is 2.56 bits per heavy atom. The molecule has 0 bridgehead atoms. The zero-order chi connectivity index (χ0) is 19.6. The maximum atomic E-state index is 12.4. The summed E-state index contributed by atoms with van der Waals surface area (Å²) in [7, 11) is 0. The van der Waals surface area contributed by atoms with Crippen molar-refractivity contribution in [3.63, 3.8) is 0 Å². The smallest absolute Gasteiger partial charge is 0.355 e. The molecule has 0 fully saturated rings. The van der Waals surface area contributed by atoms with Crippen LogP contribution in [0.4, 0.5) is 0 Å². The van der Waals surface area contributed by atoms with Crippen molar-refractivity contribution in [1.29, 1.82) is 0 Å². The van der Waals surface area contributed by atoms with Crippen LogP contribution < -0.4 is 5.56 Å². The minimum absolute atomic E-state index is 0.165. The van der Waals surface area contributed by atoms with E-state index in [0.717, 1.165) is 0 Å². The number of ether oxygens (including phenoxy) is 2. The molecule has 0 amide bonds. The van der Waals surface area contributed by atoms with Gasteiger partial charge in [0.25, 0.3) is 5.56 Å². The summed E-state index contributed by atoms with van der Waals surface area (Å²) in [6.07, 6.45) is 0. The topological polar surface area (TPSA) is 114 Å². The van der Waals surface area contributed by atoms with E-state index in [4.69, 9.17) is 9.47 Å². The Labute approximate surface area is 154 Å². The number of aromatic nitrogens is 3. The molecular formula is C19H19N3O5. The summed E-state index contributed by atoms with van der Waals surface area (Å²) in [6.45, 7) is 5.07. The van der Waals surface area contributed by atoms with E-state index in [9.17, 15) is 14.4 Å². The Bertz CT molecular complexity index is 1080. The number of hydrogen-bond acceptors (Lipinski definition) is 6. The summed E-state index contributed by atoms with van der Waals surface area (Å²) in [6, 6.07) is 6.89. The van der Waals surface area contributed by atoms with Crippen molar-refractivity contribution in [2.75, 3.05) is 6.61 Å². The minimum atomic E-state index is -0.651. The normalized spacial score (nSPS) is 10.8. The fraction of sp³-hybridized carbons (Fsp3) is 0.263. The van der Waals surface area contributed by atoms with Gasteiger partial charge in [-0.15, -0.1) is 0 Å². The standard InChI is InChI=1S/C19H19N3O5/c1-4-26-18(24)15-10(2)16(20-11(15)3)19(25)27-9-14-21-13-8-6-5-7-12(13)17(23)22-14/h5-8,20H,4,9H2,1-3H3,(H,21,22,23). The van der Waals surface area contributed by atoms with Crippen LogP contribution in [0.2, 0.25) is 0 Å². The number of nitrogens with zero attached hydrogens (tertiary/aromatic N) is 1. The van der Waals surface area contributed by atoms with Gasteiger partial charge in [-0.3, -0.25) is 4.79 Å². The molecule has 0 spiro atoms. The fourth-order valence-corrected chi connectivity index (χ4v) is 2.87. The number of hydrogen-bond donors (Lipinski definition) is 2. The van der Waals surface area contributed by atoms with Gasteiger partial charge in [0.15, 0.2) is 0 Å². The molecule has 3 rings (SSSR count). The zero-order valence-electron chi connectivity index (χ0n) is 15.2. The number of esters is 2. The molecule has 2 N–H and O–H groups in total. The number of para-hydroxylation sites is 1. The molecule has 3 aromatic rings. The predicted molar refractivity (Wildman–Crippen MR) is 97.7 cm³/mol. The van der Waals surface area contributed by atoms with Crippen LogP contribution in [0, 0.1) is 13.8 Å². The molecule has 2 aromatic heterocycles. The largest absolute Gasteiger partial charge is 0.462 e. The van der Waals surface area contributed by atoms with Crippen molar-refractivity contribution in [2.24, 2.45) is 0 Å². The second-order valence-electron chi connectivity index (χ2n) is 5.95. The van der Waals surface area contributed by atoms with Gasteiger partial charge in [-0.05, 0) is 38.5 Å². The third-order valence-electron chi connectivity index (χ3n) is 4.12. The van der Waals surface area contributed by atoms with Crippen LogP contribution in [-0.2, 0) is 16.1 Å². The van der Waals surface area contributed by atoms with E-state index < -0.39 is 11.9 Å². The van der Waals surface area contributed by atoms with Crippen LogP contribution >= 0.6 is 0 Å². The highest BCUT2D eigenvalue weighted by Crippen LogP contribution is 2.20. The maximum Gasteiger partial charge on any atom is 0.355 e. The second kappa shape index (κ2) is 7.45. The summed E-state index contributed by atoms with van der Waals surface area (Å²) in [5.41, 5.74) is 1.68. The van der Waals surface area contributed by atoms with E-state index in [1.54, 1.807) is 45.0 Å². The number of carbonyl (C=O) groups is 2. The number of aryl methyl sites for hydroxylation is 1. The first kappa shape index (κ1) is 18.4. The number of aromatic amines is 2. The number of carbonyl (C=O) groups excluding carboxylic acids is 2. The summed E-state index contributed by atoms with van der Waals surface area (Å²) in [4.78, 5) is 46.2. The first-order valence-electron chi connectivity index (χ1n) is 8.43. The third-order valence-corrected chi connectivity index (χ3v) is 4.12. The van der Waals surface area contributed by atoms with Gasteiger partial charge in [0.1, 0.15) is 18.1 Å². The van der Waals surface area contributed by atoms with E-state index >= 15 is 0 Å². The van der Waals surface area contributed by atoms with E-state index in [1.807, 2.05) is 0 Å². The van der Waals surface area contributed by atoms with Gasteiger partial charge < -0.3 is 19.4 Å². The fourth-order valence-electron chi connectivity index (χ4n) is 2.87. The number of rotatable bonds is 5. The summed E-state index contributed by atoms with van der Waals surface area (Å²) < 4.78 is 10.3. The molecule has 0 atom stereocenters. The molecule has 1 aromatic carbocycles. The Hall–Kier alpha value is -3.42. The van der Waals surface area contributed by atoms with Crippen LogP contribution in [0.25, 0.3) is 10.9 Å². The third kappa shape index (κ3) is 3.59. The van der Waals surface area contributed by atoms with Crippen molar-refractivity contribution in [3.05, 3.63) is 63.0 Å². The summed E-state index contributed by atoms with van der Waals surface area (Å²) in [5.74, 6) is -0.913. The molecule has 0 saturated carbocycles. The van der Waals surface area contributed by atoms with Crippen molar-refractivity contribution in [3.8, 4) is 0 Å². The van der Waals surface area contributed by atoms with Crippen molar-refractivity contribution in [1.82, 2.24) is 15.0 Å². The van der Waals surface area contributed by atoms with Gasteiger partial charge in [-0.25, -0.2) is 14.6 Å². The molecule has 0 aliphatic carbocycles. The minimum Gasteiger partial charge on any atom is -0.462 e. The Morgan fingerprint density at radius 1 is 1.07 bits per heavy atom. The highest BCUT2D eigenvalue weighted by Gasteiger charge is 2.23. The van der Waals surface area contributed by atoms with Gasteiger partial charge in [-0.2, -0.15) is 0 Å². The Balaban J connectivity index is 1.80. The van der Waals surface area contributed by atoms with Gasteiger partial charge in [0.2, 0.25) is 0 Å². The van der Waals surface area contributed by atoms with Crippen molar-refractivity contribution < 1.29 is 19.1 Å². The second-order valence-corrected chi connectivity index (χ2v) is 5.95. The van der Waals surface area contributed by atoms with Gasteiger partial charge in [0.05, 0.1) is 23.1 Å². The predicted octanol–water partition coefficient (Wildman–Crippen LogP) is 2.40. The van der Waals surface area contributed by atoms with Crippen molar-refractivity contribution >= 4 is 22.8 Å². The Morgan fingerprint density at radius 2 is 1.81 bits per heavy atom. The molecule has 140 valence electrons. The molecule has 0 radical (unpaired) electrons. The van der Waals surface area contributed by atoms with Gasteiger partial charge in [0, 0.05) is 5.69 Å². The Kier molecular flexibility index (Phi) is 5.07. The van der Waals surface area contributed by atoms with Crippen LogP contribution in [0.3, 0.4) is 0 Å². The van der Waals surface area contributed by atoms with Gasteiger partial charge >= 0.3 is 11.9 Å². The van der Waals surface area contributed by atoms with Crippen LogP contribution in [0.5, 0.6) is 0 Å². The number of benzene rings is 1. The molecular weight excluding hydrogens is 350 g/mol. The molecule has 27 heavy (non-hydrogen) atoms. The monoisotopic (exact) mass is 369 g/mol. The number of nitrogens with one attached hydrogen (secondary N) is 2. The molecule has 0 unspecified atom stereocenters. The lowest BCUT2D eigenvalue weighted by molar-refractivity contribution is 0.0455. The average Bonchev–Trinajstić information content (AvgIpc) is 2.94. The van der Waals surface area contributed by atoms with Crippen LogP contribution in [0.1, 0.15) is 44.9 Å². The number of H-pyrrole nitrogens is 2. The lowest BCUT2D eigenvalue weighted by Gasteiger charge is -2.05. The number of fused-ring (bicyclic) bond motifs is 1. The highest BCUT2D eigenvalue weighted by molar-refractivity contribution is 5.98. The molecule has 0 aliphatic rings. The first-order valence-corrected chi connectivity index (χ1v) is 8.43. The average molecular weight is 369 g/mol. The lowest BCUT2D eigenvalue weighted by Crippen LogP contribution is -2.15. The summed E-state index contributed by atoms with van der Waals surface area (Å²) >= 11 is 0. The molecule has 8 heteroatoms. The zero-order valence-corrected chi connectivity index (χ0v) is 15.2. The maximum absolute atomic E-state index is 12.4. The van der Waals surface area contributed by atoms with E-state index in [2.05, 4.69) is 15.0 Å². The van der Waals surface area contributed by atoms with Gasteiger partial charge in [-0.1, -0.05) is 12.1 Å². The van der Waals surface area contributed by atoms with E-state index in [-0.39, 0.29) is 30.3 Å². The lowest BCUT2D eigenvalue weighted by atomic mass is 10.1. The summed E-state index contributed by atoms with van der Waals surface area (Å²) in [5, 5.41) is 0.461. The SMILES string of the molecule is CCOC(=O)c1c(C)[nH]c(C(=O)OCc2nc3ccccc3c(=O)[nH]2)c1C. The molecule has 8 nitrogen and oxygen atoms in total. The molecule has 0 saturated heterocycles. The van der Waals surface area contributed by atoms with Crippen molar-refractivity contribution in [2.45, 2.75) is 27.4 Å².